The van der Waals surface area contributed by atoms with Crippen molar-refractivity contribution in [1.29, 1.82) is 0 Å². The van der Waals surface area contributed by atoms with Crippen LogP contribution in [0.3, 0.4) is 0 Å². The summed E-state index contributed by atoms with van der Waals surface area (Å²) >= 11 is 0. The zero-order valence-electron chi connectivity index (χ0n) is 7.38. The molecule has 1 aromatic carbocycles. The molecule has 0 aliphatic carbocycles. The van der Waals surface area contributed by atoms with Gasteiger partial charge in [-0.1, -0.05) is 5.16 Å². The van der Waals surface area contributed by atoms with Gasteiger partial charge in [-0.3, -0.25) is 4.79 Å². The average Bonchev–Trinajstić information content (AvgIpc) is 2.17. The number of ether oxygens (including phenoxy) is 1. The third-order valence-electron chi connectivity index (χ3n) is 1.46. The van der Waals surface area contributed by atoms with E-state index in [4.69, 9.17) is 15.7 Å². The van der Waals surface area contributed by atoms with E-state index in [-0.39, 0.29) is 6.61 Å². The third kappa shape index (κ3) is 3.14. The van der Waals surface area contributed by atoms with Crippen LogP contribution in [-0.4, -0.2) is 23.8 Å². The number of oxime groups is 1. The molecule has 0 aromatic heterocycles. The Hall–Kier alpha value is -2.04. The van der Waals surface area contributed by atoms with Gasteiger partial charge < -0.3 is 15.7 Å². The fraction of sp³-hybridized carbons (Fsp3) is 0.111. The molecule has 0 saturated carbocycles. The molecule has 0 aliphatic rings. The zero-order valence-corrected chi connectivity index (χ0v) is 7.38. The number of rotatable bonds is 4. The predicted octanol–water partition coefficient (Wildman–Crippen LogP) is 0.677. The van der Waals surface area contributed by atoms with Crippen molar-refractivity contribution in [2.24, 2.45) is 5.16 Å². The lowest BCUT2D eigenvalue weighted by Gasteiger charge is -2.02. The van der Waals surface area contributed by atoms with Crippen LogP contribution in [0.15, 0.2) is 29.4 Å². The lowest BCUT2D eigenvalue weighted by molar-refractivity contribution is -0.114. The van der Waals surface area contributed by atoms with Gasteiger partial charge in [0.25, 0.3) is 0 Å². The molecule has 0 heterocycles. The van der Waals surface area contributed by atoms with Crippen molar-refractivity contribution in [1.82, 2.24) is 0 Å². The number of benzene rings is 1. The van der Waals surface area contributed by atoms with Crippen LogP contribution in [-0.2, 0) is 4.79 Å². The SMILES string of the molecule is Nc1ccc(OCC(=O)C=NO)cc1. The topological polar surface area (TPSA) is 84.9 Å². The smallest absolute Gasteiger partial charge is 0.214 e. The average molecular weight is 194 g/mol. The molecule has 1 aromatic rings. The molecule has 1 rings (SSSR count). The minimum atomic E-state index is -0.413. The molecule has 74 valence electrons. The van der Waals surface area contributed by atoms with Crippen molar-refractivity contribution in [3.63, 3.8) is 0 Å². The van der Waals surface area contributed by atoms with Crippen molar-refractivity contribution >= 4 is 17.7 Å². The van der Waals surface area contributed by atoms with Crippen LogP contribution in [0.25, 0.3) is 0 Å². The Bertz CT molecular complexity index is 332. The third-order valence-corrected chi connectivity index (χ3v) is 1.46. The van der Waals surface area contributed by atoms with Crippen LogP contribution in [0.2, 0.25) is 0 Å². The maximum absolute atomic E-state index is 10.8. The maximum Gasteiger partial charge on any atom is 0.214 e. The summed E-state index contributed by atoms with van der Waals surface area (Å²) in [6.45, 7) is -0.159. The molecule has 0 spiro atoms. The summed E-state index contributed by atoms with van der Waals surface area (Å²) in [6.07, 6.45) is 0.789. The molecule has 0 radical (unpaired) electrons. The second-order valence-corrected chi connectivity index (χ2v) is 2.57. The Morgan fingerprint density at radius 3 is 2.71 bits per heavy atom. The minimum absolute atomic E-state index is 0.159. The van der Waals surface area contributed by atoms with E-state index in [1.165, 1.54) is 0 Å². The number of Topliss-reactive ketones (excluding diaryl/α,β-unsaturated/α-hetero) is 1. The number of nitrogens with two attached hydrogens (primary N) is 1. The maximum atomic E-state index is 10.8. The normalized spacial score (nSPS) is 10.3. The first-order chi connectivity index (χ1) is 6.72. The van der Waals surface area contributed by atoms with Crippen molar-refractivity contribution in [3.05, 3.63) is 24.3 Å². The van der Waals surface area contributed by atoms with Gasteiger partial charge in [-0.2, -0.15) is 0 Å². The van der Waals surface area contributed by atoms with Gasteiger partial charge in [-0.05, 0) is 24.3 Å². The molecule has 3 N–H and O–H groups in total. The summed E-state index contributed by atoms with van der Waals surface area (Å²) in [4.78, 5) is 10.8. The fourth-order valence-corrected chi connectivity index (χ4v) is 0.820. The molecule has 0 fully saturated rings. The number of nitrogen functional groups attached to an aromatic ring is 1. The number of carbonyl (C=O) groups is 1. The number of hydrogen-bond donors (Lipinski definition) is 2. The van der Waals surface area contributed by atoms with E-state index in [1.54, 1.807) is 24.3 Å². The Balaban J connectivity index is 2.46. The van der Waals surface area contributed by atoms with Crippen LogP contribution >= 0.6 is 0 Å². The van der Waals surface area contributed by atoms with Crippen molar-refractivity contribution in [2.75, 3.05) is 12.3 Å². The van der Waals surface area contributed by atoms with E-state index in [0.29, 0.717) is 11.4 Å². The molecule has 0 atom stereocenters. The second-order valence-electron chi connectivity index (χ2n) is 2.57. The van der Waals surface area contributed by atoms with Gasteiger partial charge in [-0.15, -0.1) is 0 Å². The highest BCUT2D eigenvalue weighted by Gasteiger charge is 1.99. The van der Waals surface area contributed by atoms with Gasteiger partial charge >= 0.3 is 0 Å². The summed E-state index contributed by atoms with van der Waals surface area (Å²) in [6, 6.07) is 6.64. The van der Waals surface area contributed by atoms with E-state index in [2.05, 4.69) is 5.16 Å². The van der Waals surface area contributed by atoms with Crippen molar-refractivity contribution in [2.45, 2.75) is 0 Å². The van der Waals surface area contributed by atoms with E-state index in [0.717, 1.165) is 6.21 Å². The van der Waals surface area contributed by atoms with Crippen LogP contribution < -0.4 is 10.5 Å². The van der Waals surface area contributed by atoms with Crippen molar-refractivity contribution in [3.8, 4) is 5.75 Å². The molecule has 0 saturated heterocycles. The lowest BCUT2D eigenvalue weighted by atomic mass is 10.3. The monoisotopic (exact) mass is 194 g/mol. The molecule has 14 heavy (non-hydrogen) atoms. The van der Waals surface area contributed by atoms with Crippen LogP contribution in [0.4, 0.5) is 5.69 Å². The Morgan fingerprint density at radius 1 is 1.50 bits per heavy atom. The molecular weight excluding hydrogens is 184 g/mol. The highest BCUT2D eigenvalue weighted by Crippen LogP contribution is 2.12. The van der Waals surface area contributed by atoms with Crippen LogP contribution in [0.1, 0.15) is 0 Å². The van der Waals surface area contributed by atoms with Crippen LogP contribution in [0, 0.1) is 0 Å². The van der Waals surface area contributed by atoms with E-state index in [9.17, 15) is 4.79 Å². The number of hydrogen-bond acceptors (Lipinski definition) is 5. The summed E-state index contributed by atoms with van der Waals surface area (Å²) in [5, 5.41) is 10.6. The molecule has 0 aliphatic heterocycles. The van der Waals surface area contributed by atoms with Gasteiger partial charge in [0, 0.05) is 5.69 Å². The van der Waals surface area contributed by atoms with E-state index < -0.39 is 5.78 Å². The van der Waals surface area contributed by atoms with E-state index >= 15 is 0 Å². The zero-order chi connectivity index (χ0) is 10.4. The van der Waals surface area contributed by atoms with Gasteiger partial charge in [-0.25, -0.2) is 0 Å². The first kappa shape index (κ1) is 10.0. The van der Waals surface area contributed by atoms with Gasteiger partial charge in [0.15, 0.2) is 6.61 Å². The molecule has 5 heteroatoms. The summed E-state index contributed by atoms with van der Waals surface area (Å²) in [5.74, 6) is 0.128. The lowest BCUT2D eigenvalue weighted by Crippen LogP contribution is -2.12. The van der Waals surface area contributed by atoms with E-state index in [1.807, 2.05) is 0 Å². The first-order valence-corrected chi connectivity index (χ1v) is 3.91. The fourth-order valence-electron chi connectivity index (χ4n) is 0.820. The molecule has 0 amide bonds. The Morgan fingerprint density at radius 2 is 2.14 bits per heavy atom. The molecule has 0 unspecified atom stereocenters. The summed E-state index contributed by atoms with van der Waals surface area (Å²) < 4.78 is 5.07. The predicted molar refractivity (Wildman–Crippen MR) is 51.6 cm³/mol. The highest BCUT2D eigenvalue weighted by atomic mass is 16.5. The van der Waals surface area contributed by atoms with Gasteiger partial charge in [0.1, 0.15) is 12.0 Å². The Kier molecular flexibility index (Phi) is 3.49. The quantitative estimate of drug-likeness (QED) is 0.319. The molecule has 0 bridgehead atoms. The molecular formula is C9H10N2O3. The van der Waals surface area contributed by atoms with Crippen molar-refractivity contribution < 1.29 is 14.7 Å². The number of anilines is 1. The second kappa shape index (κ2) is 4.86. The van der Waals surface area contributed by atoms with Gasteiger partial charge in [0.05, 0.1) is 0 Å². The number of ketones is 1. The van der Waals surface area contributed by atoms with Gasteiger partial charge in [0.2, 0.25) is 5.78 Å². The Labute approximate surface area is 80.8 Å². The first-order valence-electron chi connectivity index (χ1n) is 3.91. The molecule has 5 nitrogen and oxygen atoms in total. The summed E-state index contributed by atoms with van der Waals surface area (Å²) in [5.41, 5.74) is 6.08. The number of nitrogens with zero attached hydrogens (tertiary/aromatic N) is 1. The largest absolute Gasteiger partial charge is 0.485 e. The minimum Gasteiger partial charge on any atom is -0.485 e. The number of carbonyl (C=O) groups excluding carboxylic acids is 1. The standard InChI is InChI=1S/C9H10N2O3/c10-7-1-3-9(4-2-7)14-6-8(12)5-11-13/h1-5,13H,6,10H2. The van der Waals surface area contributed by atoms with Crippen LogP contribution in [0.5, 0.6) is 5.75 Å². The summed E-state index contributed by atoms with van der Waals surface area (Å²) in [7, 11) is 0. The highest BCUT2D eigenvalue weighted by molar-refractivity contribution is 6.28.